The molecule has 0 aliphatic heterocycles. The number of hydrogen-bond donors (Lipinski definition) is 2. The molecule has 21 heavy (non-hydrogen) atoms. The second-order valence-corrected chi connectivity index (χ2v) is 7.06. The van der Waals surface area contributed by atoms with Gasteiger partial charge in [-0.3, -0.25) is 14.3 Å². The van der Waals surface area contributed by atoms with Crippen LogP contribution in [0.3, 0.4) is 0 Å². The van der Waals surface area contributed by atoms with Crippen LogP contribution < -0.4 is 10.2 Å². The number of pyridine rings is 1. The van der Waals surface area contributed by atoms with E-state index in [0.29, 0.717) is 5.69 Å². The quantitative estimate of drug-likeness (QED) is 0.561. The molecule has 1 aromatic rings. The van der Waals surface area contributed by atoms with E-state index in [1.807, 2.05) is 0 Å². The fourth-order valence-electron chi connectivity index (χ4n) is 1.62. The molecule has 0 fully saturated rings. The summed E-state index contributed by atoms with van der Waals surface area (Å²) in [6.07, 6.45) is 2.87. The monoisotopic (exact) mass is 315 g/mol. The van der Waals surface area contributed by atoms with Crippen molar-refractivity contribution in [3.63, 3.8) is 0 Å². The normalized spacial score (nSPS) is 15.3. The van der Waals surface area contributed by atoms with E-state index in [1.54, 1.807) is 45.3 Å². The Bertz CT molecular complexity index is 495. The minimum atomic E-state index is -3.15. The Hall–Kier alpha value is -1.43. The van der Waals surface area contributed by atoms with Gasteiger partial charge in [-0.15, -0.1) is 0 Å². The van der Waals surface area contributed by atoms with Gasteiger partial charge < -0.3 is 14.6 Å². The molecule has 0 spiro atoms. The molecule has 1 rings (SSSR count). The molecule has 0 aliphatic carbocycles. The van der Waals surface area contributed by atoms with Crippen LogP contribution in [0.25, 0.3) is 0 Å². The fraction of sp³-hybridized carbons (Fsp3) is 0.538. The summed E-state index contributed by atoms with van der Waals surface area (Å²) in [5.41, 5.74) is 0.627. The Kier molecular flexibility index (Phi) is 6.81. The predicted octanol–water partition coefficient (Wildman–Crippen LogP) is 2.22. The maximum atomic E-state index is 12.8. The first-order chi connectivity index (χ1) is 9.86. The SMILES string of the molecule is COCP(=O)(Nc1ccncc1)N[C@@H](C)C(=O)OC(C)C. The lowest BCUT2D eigenvalue weighted by atomic mass is 10.4. The number of carbonyl (C=O) groups excluding carboxylic acids is 1. The number of rotatable bonds is 8. The summed E-state index contributed by atoms with van der Waals surface area (Å²) >= 11 is 0. The molecule has 2 atom stereocenters. The van der Waals surface area contributed by atoms with Crippen LogP contribution in [0, 0.1) is 0 Å². The van der Waals surface area contributed by atoms with Gasteiger partial charge in [0, 0.05) is 25.2 Å². The third kappa shape index (κ3) is 6.25. The van der Waals surface area contributed by atoms with Gasteiger partial charge in [0.25, 0.3) is 7.44 Å². The van der Waals surface area contributed by atoms with Gasteiger partial charge in [0.05, 0.1) is 6.10 Å². The molecule has 1 unspecified atom stereocenters. The molecule has 118 valence electrons. The van der Waals surface area contributed by atoms with Crippen LogP contribution in [0.1, 0.15) is 20.8 Å². The number of anilines is 1. The number of nitrogens with one attached hydrogen (secondary N) is 2. The van der Waals surface area contributed by atoms with Crippen LogP contribution in [0.15, 0.2) is 24.5 Å². The molecule has 0 saturated heterocycles. The van der Waals surface area contributed by atoms with Gasteiger partial charge in [-0.05, 0) is 32.9 Å². The van der Waals surface area contributed by atoms with E-state index in [4.69, 9.17) is 9.47 Å². The average Bonchev–Trinajstić information content (AvgIpc) is 2.38. The number of methoxy groups -OCH3 is 1. The van der Waals surface area contributed by atoms with Crippen molar-refractivity contribution in [1.29, 1.82) is 0 Å². The van der Waals surface area contributed by atoms with Crippen molar-refractivity contribution < 1.29 is 18.8 Å². The Labute approximate surface area is 124 Å². The zero-order valence-corrected chi connectivity index (χ0v) is 13.6. The maximum Gasteiger partial charge on any atom is 0.323 e. The van der Waals surface area contributed by atoms with E-state index in [0.717, 1.165) is 0 Å². The molecule has 0 aliphatic rings. The van der Waals surface area contributed by atoms with Gasteiger partial charge in [0.2, 0.25) is 0 Å². The largest absolute Gasteiger partial charge is 0.462 e. The number of carbonyl (C=O) groups is 1. The second-order valence-electron chi connectivity index (χ2n) is 4.84. The van der Waals surface area contributed by atoms with E-state index in [2.05, 4.69) is 15.2 Å². The lowest BCUT2D eigenvalue weighted by Gasteiger charge is -2.24. The van der Waals surface area contributed by atoms with Crippen LogP contribution in [0.2, 0.25) is 0 Å². The molecule has 0 aromatic carbocycles. The molecule has 0 amide bonds. The number of ether oxygens (including phenoxy) is 2. The number of aromatic nitrogens is 1. The summed E-state index contributed by atoms with van der Waals surface area (Å²) in [6, 6.07) is 2.64. The van der Waals surface area contributed by atoms with Crippen molar-refractivity contribution in [3.8, 4) is 0 Å². The average molecular weight is 315 g/mol. The Morgan fingerprint density at radius 3 is 2.48 bits per heavy atom. The molecule has 8 heteroatoms. The third-order valence-corrected chi connectivity index (χ3v) is 4.45. The summed E-state index contributed by atoms with van der Waals surface area (Å²) < 4.78 is 22.9. The molecule has 0 bridgehead atoms. The van der Waals surface area contributed by atoms with Crippen LogP contribution >= 0.6 is 7.44 Å². The number of esters is 1. The zero-order chi connectivity index (χ0) is 15.9. The first kappa shape index (κ1) is 17.6. The van der Waals surface area contributed by atoms with E-state index >= 15 is 0 Å². The van der Waals surface area contributed by atoms with Gasteiger partial charge >= 0.3 is 5.97 Å². The van der Waals surface area contributed by atoms with E-state index in [9.17, 15) is 9.36 Å². The van der Waals surface area contributed by atoms with Crippen molar-refractivity contribution in [2.75, 3.05) is 18.5 Å². The summed E-state index contributed by atoms with van der Waals surface area (Å²) in [7, 11) is -1.70. The van der Waals surface area contributed by atoms with Crippen molar-refractivity contribution in [3.05, 3.63) is 24.5 Å². The van der Waals surface area contributed by atoms with Crippen LogP contribution in [-0.4, -0.2) is 36.6 Å². The van der Waals surface area contributed by atoms with E-state index in [-0.39, 0.29) is 12.5 Å². The van der Waals surface area contributed by atoms with Gasteiger partial charge in [-0.1, -0.05) is 0 Å². The molecular weight excluding hydrogens is 293 g/mol. The first-order valence-electron chi connectivity index (χ1n) is 6.61. The fourth-order valence-corrected chi connectivity index (χ4v) is 3.48. The smallest absolute Gasteiger partial charge is 0.323 e. The standard InChI is InChI=1S/C13H22N3O4P/c1-10(2)20-13(17)11(3)15-21(18,9-19-4)16-12-5-7-14-8-6-12/h5-8,10-11H,9H2,1-4H3,(H2,14,15,16,18)/t11-,21?/m0/s1. The molecule has 0 radical (unpaired) electrons. The first-order valence-corrected chi connectivity index (χ1v) is 8.50. The maximum absolute atomic E-state index is 12.8. The van der Waals surface area contributed by atoms with Gasteiger partial charge in [-0.2, -0.15) is 0 Å². The van der Waals surface area contributed by atoms with Crippen LogP contribution in [0.4, 0.5) is 5.69 Å². The topological polar surface area (TPSA) is 89.5 Å². The summed E-state index contributed by atoms with van der Waals surface area (Å²) in [4.78, 5) is 15.7. The van der Waals surface area contributed by atoms with Crippen molar-refractivity contribution in [2.24, 2.45) is 0 Å². The number of hydrogen-bond acceptors (Lipinski definition) is 5. The minimum Gasteiger partial charge on any atom is -0.462 e. The summed E-state index contributed by atoms with van der Waals surface area (Å²) in [5.74, 6) is -0.460. The van der Waals surface area contributed by atoms with E-state index in [1.165, 1.54) is 7.11 Å². The van der Waals surface area contributed by atoms with E-state index < -0.39 is 19.5 Å². The molecule has 7 nitrogen and oxygen atoms in total. The minimum absolute atomic E-state index is 0.0609. The highest BCUT2D eigenvalue weighted by atomic mass is 31.2. The highest BCUT2D eigenvalue weighted by molar-refractivity contribution is 7.63. The summed E-state index contributed by atoms with van der Waals surface area (Å²) in [5, 5.41) is 5.64. The lowest BCUT2D eigenvalue weighted by molar-refractivity contribution is -0.148. The summed E-state index contributed by atoms with van der Waals surface area (Å²) in [6.45, 7) is 5.12. The third-order valence-electron chi connectivity index (χ3n) is 2.41. The second kappa shape index (κ2) is 8.12. The van der Waals surface area contributed by atoms with Crippen LogP contribution in [0.5, 0.6) is 0 Å². The molecule has 1 heterocycles. The predicted molar refractivity (Wildman–Crippen MR) is 81.2 cm³/mol. The Morgan fingerprint density at radius 2 is 1.95 bits per heavy atom. The Morgan fingerprint density at radius 1 is 1.33 bits per heavy atom. The lowest BCUT2D eigenvalue weighted by Crippen LogP contribution is -2.36. The molecular formula is C13H22N3O4P. The molecule has 2 N–H and O–H groups in total. The zero-order valence-electron chi connectivity index (χ0n) is 12.7. The number of nitrogens with zero attached hydrogens (tertiary/aromatic N) is 1. The van der Waals surface area contributed by atoms with Crippen molar-refractivity contribution in [1.82, 2.24) is 10.1 Å². The molecule has 0 saturated carbocycles. The Balaban J connectivity index is 2.76. The molecule has 1 aromatic heterocycles. The van der Waals surface area contributed by atoms with Crippen molar-refractivity contribution in [2.45, 2.75) is 32.9 Å². The van der Waals surface area contributed by atoms with Gasteiger partial charge in [0.15, 0.2) is 0 Å². The van der Waals surface area contributed by atoms with Gasteiger partial charge in [-0.25, -0.2) is 5.09 Å². The highest BCUT2D eigenvalue weighted by Gasteiger charge is 2.28. The van der Waals surface area contributed by atoms with Gasteiger partial charge in [0.1, 0.15) is 12.4 Å². The van der Waals surface area contributed by atoms with Crippen LogP contribution in [-0.2, 0) is 18.8 Å². The van der Waals surface area contributed by atoms with Crippen molar-refractivity contribution >= 4 is 19.1 Å². The highest BCUT2D eigenvalue weighted by Crippen LogP contribution is 2.41.